The molecule has 1 unspecified atom stereocenters. The number of carboxylic acids is 1. The van der Waals surface area contributed by atoms with Crippen LogP contribution in [0.3, 0.4) is 0 Å². The van der Waals surface area contributed by atoms with Crippen LogP contribution in [-0.4, -0.2) is 49.2 Å². The Hall–Kier alpha value is -5.19. The fraction of sp³-hybridized carbons (Fsp3) is 0.147. The molecule has 1 atom stereocenters. The van der Waals surface area contributed by atoms with Gasteiger partial charge in [0.1, 0.15) is 11.7 Å². The lowest BCUT2D eigenvalue weighted by molar-refractivity contribution is -0.123. The molecule has 1 aliphatic rings. The Balaban J connectivity index is 1.39. The number of aromatic nitrogens is 3. The van der Waals surface area contributed by atoms with Gasteiger partial charge >= 0.3 is 5.97 Å². The van der Waals surface area contributed by atoms with Gasteiger partial charge in [-0.1, -0.05) is 71.4 Å². The normalized spacial score (nSPS) is 14.2. The van der Waals surface area contributed by atoms with Gasteiger partial charge in [0.05, 0.1) is 16.8 Å². The van der Waals surface area contributed by atoms with Gasteiger partial charge < -0.3 is 15.7 Å². The Kier molecular flexibility index (Phi) is 8.25. The topological polar surface area (TPSA) is 131 Å². The van der Waals surface area contributed by atoms with Gasteiger partial charge in [0, 0.05) is 19.5 Å². The SMILES string of the molecule is NCc1cccc(-c2cccc3c2CCN(C(=O)c2cn(-c4cccc(Cl)c4F)nn2)C3C(=O)Cc2ccc(C(=O)O)cc2)c1. The molecule has 0 bridgehead atoms. The molecule has 0 spiro atoms. The van der Waals surface area contributed by atoms with Gasteiger partial charge in [0.2, 0.25) is 0 Å². The van der Waals surface area contributed by atoms with E-state index in [2.05, 4.69) is 10.3 Å². The average Bonchev–Trinajstić information content (AvgIpc) is 3.55. The number of nitrogens with two attached hydrogens (primary N) is 1. The molecule has 1 aromatic heterocycles. The molecule has 0 fully saturated rings. The van der Waals surface area contributed by atoms with Crippen LogP contribution in [0, 0.1) is 5.82 Å². The number of ketones is 1. The van der Waals surface area contributed by atoms with Crippen LogP contribution in [-0.2, 0) is 24.2 Å². The minimum Gasteiger partial charge on any atom is -0.478 e. The maximum Gasteiger partial charge on any atom is 0.335 e. The van der Waals surface area contributed by atoms with E-state index in [1.165, 1.54) is 35.4 Å². The summed E-state index contributed by atoms with van der Waals surface area (Å²) in [5.41, 5.74) is 11.1. The van der Waals surface area contributed by atoms with Gasteiger partial charge in [-0.05, 0) is 70.1 Å². The number of carbonyl (C=O) groups is 3. The molecule has 1 aliphatic heterocycles. The summed E-state index contributed by atoms with van der Waals surface area (Å²) in [5, 5.41) is 17.1. The van der Waals surface area contributed by atoms with Crippen molar-refractivity contribution in [3.8, 4) is 16.8 Å². The number of halogens is 2. The van der Waals surface area contributed by atoms with Crippen molar-refractivity contribution in [3.63, 3.8) is 0 Å². The lowest BCUT2D eigenvalue weighted by Crippen LogP contribution is -2.44. The maximum absolute atomic E-state index is 14.7. The van der Waals surface area contributed by atoms with Gasteiger partial charge in [-0.15, -0.1) is 5.10 Å². The van der Waals surface area contributed by atoms with E-state index in [0.29, 0.717) is 24.1 Å². The largest absolute Gasteiger partial charge is 0.478 e. The number of nitrogens with zero attached hydrogens (tertiary/aromatic N) is 4. The molecule has 226 valence electrons. The molecule has 45 heavy (non-hydrogen) atoms. The van der Waals surface area contributed by atoms with Gasteiger partial charge in [-0.3, -0.25) is 9.59 Å². The molecule has 9 nitrogen and oxygen atoms in total. The first-order chi connectivity index (χ1) is 21.7. The Bertz CT molecular complexity index is 1940. The number of benzene rings is 4. The number of amides is 1. The summed E-state index contributed by atoms with van der Waals surface area (Å²) in [4.78, 5) is 40.9. The molecule has 5 aromatic rings. The number of carbonyl (C=O) groups excluding carboxylic acids is 2. The van der Waals surface area contributed by atoms with Gasteiger partial charge in [-0.2, -0.15) is 0 Å². The third kappa shape index (κ3) is 5.85. The zero-order valence-electron chi connectivity index (χ0n) is 23.9. The minimum absolute atomic E-state index is 0.0276. The molecule has 0 saturated carbocycles. The van der Waals surface area contributed by atoms with E-state index in [4.69, 9.17) is 17.3 Å². The van der Waals surface area contributed by atoms with Crippen molar-refractivity contribution in [1.82, 2.24) is 19.9 Å². The zero-order chi connectivity index (χ0) is 31.7. The zero-order valence-corrected chi connectivity index (χ0v) is 24.6. The van der Waals surface area contributed by atoms with Crippen molar-refractivity contribution >= 4 is 29.3 Å². The lowest BCUT2D eigenvalue weighted by atomic mass is 9.83. The smallest absolute Gasteiger partial charge is 0.335 e. The molecular weight excluding hydrogens is 597 g/mol. The van der Waals surface area contributed by atoms with Gasteiger partial charge in [-0.25, -0.2) is 13.9 Å². The highest BCUT2D eigenvalue weighted by atomic mass is 35.5. The second kappa shape index (κ2) is 12.4. The highest BCUT2D eigenvalue weighted by Gasteiger charge is 2.38. The lowest BCUT2D eigenvalue weighted by Gasteiger charge is -2.37. The van der Waals surface area contributed by atoms with Crippen molar-refractivity contribution in [2.45, 2.75) is 25.4 Å². The summed E-state index contributed by atoms with van der Waals surface area (Å²) in [5.74, 6) is -2.57. The standard InChI is InChI=1S/C34H27ClFN5O4/c35-27-8-3-9-29(31(27)36)41-19-28(38-39-41)33(43)40-15-14-25-24(23-5-1-4-21(16-23)18-37)6-2-7-26(25)32(40)30(42)17-20-10-12-22(13-11-20)34(44)45/h1-13,16,19,32H,14-15,17-18,37H2,(H,44,45). The van der Waals surface area contributed by atoms with Crippen LogP contribution in [0.1, 0.15) is 49.1 Å². The summed E-state index contributed by atoms with van der Waals surface area (Å²) in [7, 11) is 0. The number of hydrogen-bond donors (Lipinski definition) is 2. The van der Waals surface area contributed by atoms with E-state index in [1.807, 2.05) is 42.5 Å². The second-order valence-corrected chi connectivity index (χ2v) is 11.1. The summed E-state index contributed by atoms with van der Waals surface area (Å²) >= 11 is 5.94. The van der Waals surface area contributed by atoms with Crippen LogP contribution in [0.5, 0.6) is 0 Å². The number of Topliss-reactive ketones (excluding diaryl/α,β-unsaturated/α-hetero) is 1. The Morgan fingerprint density at radius 1 is 0.978 bits per heavy atom. The maximum atomic E-state index is 14.7. The summed E-state index contributed by atoms with van der Waals surface area (Å²) in [6.07, 6.45) is 1.74. The van der Waals surface area contributed by atoms with Crippen LogP contribution in [0.25, 0.3) is 16.8 Å². The summed E-state index contributed by atoms with van der Waals surface area (Å²) in [6.45, 7) is 0.596. The number of carboxylic acid groups (broad SMARTS) is 1. The Labute approximate surface area is 262 Å². The quantitative estimate of drug-likeness (QED) is 0.235. The van der Waals surface area contributed by atoms with Crippen molar-refractivity contribution in [3.05, 3.63) is 135 Å². The molecule has 6 rings (SSSR count). The molecule has 1 amide bonds. The fourth-order valence-electron chi connectivity index (χ4n) is 5.73. The molecule has 0 aliphatic carbocycles. The van der Waals surface area contributed by atoms with Gasteiger partial charge in [0.15, 0.2) is 17.3 Å². The van der Waals surface area contributed by atoms with Crippen LogP contribution in [0.15, 0.2) is 91.1 Å². The van der Waals surface area contributed by atoms with Crippen molar-refractivity contribution in [1.29, 1.82) is 0 Å². The highest BCUT2D eigenvalue weighted by Crippen LogP contribution is 2.38. The van der Waals surface area contributed by atoms with Crippen molar-refractivity contribution in [2.24, 2.45) is 5.73 Å². The number of rotatable bonds is 8. The van der Waals surface area contributed by atoms with E-state index >= 15 is 0 Å². The van der Waals surface area contributed by atoms with E-state index in [0.717, 1.165) is 26.9 Å². The average molecular weight is 624 g/mol. The van der Waals surface area contributed by atoms with E-state index in [9.17, 15) is 23.9 Å². The van der Waals surface area contributed by atoms with Crippen molar-refractivity contribution in [2.75, 3.05) is 6.54 Å². The first-order valence-electron chi connectivity index (χ1n) is 14.2. The predicted molar refractivity (Wildman–Crippen MR) is 166 cm³/mol. The van der Waals surface area contributed by atoms with Crippen LogP contribution < -0.4 is 5.73 Å². The van der Waals surface area contributed by atoms with Crippen molar-refractivity contribution < 1.29 is 23.9 Å². The monoisotopic (exact) mass is 623 g/mol. The molecule has 3 N–H and O–H groups in total. The second-order valence-electron chi connectivity index (χ2n) is 10.7. The van der Waals surface area contributed by atoms with E-state index < -0.39 is 23.7 Å². The third-order valence-corrected chi connectivity index (χ3v) is 8.22. The van der Waals surface area contributed by atoms with E-state index in [1.54, 1.807) is 18.2 Å². The number of aromatic carboxylic acids is 1. The first-order valence-corrected chi connectivity index (χ1v) is 14.6. The number of fused-ring (bicyclic) bond motifs is 1. The molecule has 0 saturated heterocycles. The number of hydrogen-bond acceptors (Lipinski definition) is 6. The fourth-order valence-corrected chi connectivity index (χ4v) is 5.90. The highest BCUT2D eigenvalue weighted by molar-refractivity contribution is 6.30. The molecule has 2 heterocycles. The predicted octanol–water partition coefficient (Wildman–Crippen LogP) is 5.44. The Morgan fingerprint density at radius 3 is 2.49 bits per heavy atom. The van der Waals surface area contributed by atoms with Crippen LogP contribution in [0.4, 0.5) is 4.39 Å². The molecule has 4 aromatic carbocycles. The molecular formula is C34H27ClFN5O4. The van der Waals surface area contributed by atoms with Crippen LogP contribution >= 0.6 is 11.6 Å². The molecule has 0 radical (unpaired) electrons. The molecule has 11 heteroatoms. The first kappa shape index (κ1) is 29.9. The summed E-state index contributed by atoms with van der Waals surface area (Å²) < 4.78 is 15.8. The van der Waals surface area contributed by atoms with Crippen LogP contribution in [0.2, 0.25) is 5.02 Å². The summed E-state index contributed by atoms with van der Waals surface area (Å²) in [6, 6.07) is 23.1. The Morgan fingerprint density at radius 2 is 1.73 bits per heavy atom. The van der Waals surface area contributed by atoms with E-state index in [-0.39, 0.29) is 40.7 Å². The van der Waals surface area contributed by atoms with Gasteiger partial charge in [0.25, 0.3) is 5.91 Å². The third-order valence-electron chi connectivity index (χ3n) is 7.93. The minimum atomic E-state index is -1.07.